The Morgan fingerprint density at radius 1 is 0.957 bits per heavy atom. The molecule has 0 unspecified atom stereocenters. The SMILES string of the molecule is O=[N+]([O-])C=C(SCc1ccccc1O)SCc1ccccc1O. The Labute approximate surface area is 142 Å². The van der Waals surface area contributed by atoms with Gasteiger partial charge < -0.3 is 10.2 Å². The number of aromatic hydroxyl groups is 2. The summed E-state index contributed by atoms with van der Waals surface area (Å²) in [6.07, 6.45) is 0.954. The van der Waals surface area contributed by atoms with E-state index >= 15 is 0 Å². The molecule has 0 saturated heterocycles. The molecule has 2 aromatic carbocycles. The van der Waals surface area contributed by atoms with Crippen LogP contribution in [0.25, 0.3) is 0 Å². The van der Waals surface area contributed by atoms with Gasteiger partial charge in [0.05, 0.1) is 4.92 Å². The van der Waals surface area contributed by atoms with Crippen molar-refractivity contribution in [2.45, 2.75) is 11.5 Å². The molecule has 0 atom stereocenters. The van der Waals surface area contributed by atoms with Gasteiger partial charge in [-0.05, 0) is 12.1 Å². The number of thioether (sulfide) groups is 2. The van der Waals surface area contributed by atoms with Crippen molar-refractivity contribution >= 4 is 23.5 Å². The van der Waals surface area contributed by atoms with Gasteiger partial charge in [0.2, 0.25) is 0 Å². The zero-order valence-corrected chi connectivity index (χ0v) is 13.7. The Kier molecular flexibility index (Phi) is 6.37. The van der Waals surface area contributed by atoms with Gasteiger partial charge in [-0.1, -0.05) is 36.4 Å². The van der Waals surface area contributed by atoms with E-state index in [1.54, 1.807) is 36.4 Å². The quantitative estimate of drug-likeness (QED) is 0.571. The second kappa shape index (κ2) is 8.50. The molecule has 0 spiro atoms. The normalized spacial score (nSPS) is 10.3. The molecule has 0 heterocycles. The topological polar surface area (TPSA) is 83.6 Å². The lowest BCUT2D eigenvalue weighted by molar-refractivity contribution is -0.402. The summed E-state index contributed by atoms with van der Waals surface area (Å²) < 4.78 is 0.515. The van der Waals surface area contributed by atoms with E-state index in [2.05, 4.69) is 0 Å². The summed E-state index contributed by atoms with van der Waals surface area (Å²) in [6, 6.07) is 13.8. The van der Waals surface area contributed by atoms with Crippen LogP contribution in [0.2, 0.25) is 0 Å². The highest BCUT2D eigenvalue weighted by Crippen LogP contribution is 2.36. The number of phenols is 2. The van der Waals surface area contributed by atoms with Gasteiger partial charge in [0.1, 0.15) is 15.7 Å². The fourth-order valence-corrected chi connectivity index (χ4v) is 3.86. The molecule has 0 saturated carbocycles. The highest BCUT2D eigenvalue weighted by molar-refractivity contribution is 8.21. The fourth-order valence-electron chi connectivity index (χ4n) is 1.77. The standard InChI is InChI=1S/C16H15NO4S2/c18-14-7-3-1-5-12(14)10-22-16(9-17(20)21)23-11-13-6-2-4-8-15(13)19/h1-9,18-19H,10-11H2. The van der Waals surface area contributed by atoms with Crippen LogP contribution in [-0.4, -0.2) is 15.1 Å². The molecule has 0 radical (unpaired) electrons. The smallest absolute Gasteiger partial charge is 0.254 e. The van der Waals surface area contributed by atoms with Gasteiger partial charge in [-0.3, -0.25) is 10.1 Å². The minimum absolute atomic E-state index is 0.172. The molecular formula is C16H15NO4S2. The van der Waals surface area contributed by atoms with Crippen LogP contribution in [0.5, 0.6) is 11.5 Å². The molecule has 5 nitrogen and oxygen atoms in total. The van der Waals surface area contributed by atoms with Crippen molar-refractivity contribution in [3.8, 4) is 11.5 Å². The van der Waals surface area contributed by atoms with Crippen molar-refractivity contribution < 1.29 is 15.1 Å². The summed E-state index contributed by atoms with van der Waals surface area (Å²) in [5.74, 6) is 1.21. The van der Waals surface area contributed by atoms with Gasteiger partial charge >= 0.3 is 0 Å². The van der Waals surface area contributed by atoms with Crippen LogP contribution in [0.1, 0.15) is 11.1 Å². The van der Waals surface area contributed by atoms with E-state index in [9.17, 15) is 20.3 Å². The van der Waals surface area contributed by atoms with E-state index in [0.29, 0.717) is 15.7 Å². The van der Waals surface area contributed by atoms with Crippen molar-refractivity contribution in [3.63, 3.8) is 0 Å². The van der Waals surface area contributed by atoms with E-state index in [4.69, 9.17) is 0 Å². The Morgan fingerprint density at radius 2 is 1.39 bits per heavy atom. The van der Waals surface area contributed by atoms with Gasteiger partial charge in [-0.2, -0.15) is 0 Å². The molecule has 0 aliphatic heterocycles. The molecule has 0 aliphatic carbocycles. The number of benzene rings is 2. The first-order chi connectivity index (χ1) is 11.1. The predicted molar refractivity (Wildman–Crippen MR) is 93.9 cm³/mol. The van der Waals surface area contributed by atoms with Crippen molar-refractivity contribution in [1.29, 1.82) is 0 Å². The summed E-state index contributed by atoms with van der Waals surface area (Å²) in [4.78, 5) is 10.3. The molecule has 0 fully saturated rings. The largest absolute Gasteiger partial charge is 0.508 e. The highest BCUT2D eigenvalue weighted by atomic mass is 32.2. The minimum atomic E-state index is -0.495. The number of para-hydroxylation sites is 2. The Morgan fingerprint density at radius 3 is 1.78 bits per heavy atom. The van der Waals surface area contributed by atoms with Crippen molar-refractivity contribution in [3.05, 3.63) is 80.2 Å². The lowest BCUT2D eigenvalue weighted by atomic mass is 10.2. The summed E-state index contributed by atoms with van der Waals surface area (Å²) >= 11 is 2.57. The van der Waals surface area contributed by atoms with Gasteiger partial charge in [-0.15, -0.1) is 23.5 Å². The molecule has 23 heavy (non-hydrogen) atoms. The van der Waals surface area contributed by atoms with Crippen LogP contribution >= 0.6 is 23.5 Å². The number of hydrogen-bond donors (Lipinski definition) is 2. The van der Waals surface area contributed by atoms with E-state index in [-0.39, 0.29) is 11.5 Å². The molecule has 120 valence electrons. The summed E-state index contributed by atoms with van der Waals surface area (Å²) in [6.45, 7) is 0. The van der Waals surface area contributed by atoms with Crippen LogP contribution in [0.15, 0.2) is 59.0 Å². The van der Waals surface area contributed by atoms with Gasteiger partial charge in [0.25, 0.3) is 6.20 Å². The minimum Gasteiger partial charge on any atom is -0.508 e. The molecule has 2 N–H and O–H groups in total. The van der Waals surface area contributed by atoms with Crippen molar-refractivity contribution in [1.82, 2.24) is 0 Å². The first-order valence-corrected chi connectivity index (χ1v) is 8.68. The van der Waals surface area contributed by atoms with E-state index in [0.717, 1.165) is 17.3 Å². The molecular weight excluding hydrogens is 334 g/mol. The zero-order chi connectivity index (χ0) is 16.7. The van der Waals surface area contributed by atoms with Gasteiger partial charge in [-0.25, -0.2) is 0 Å². The predicted octanol–water partition coefficient (Wildman–Crippen LogP) is 4.34. The summed E-state index contributed by atoms with van der Waals surface area (Å²) in [7, 11) is 0. The third-order valence-electron chi connectivity index (χ3n) is 2.93. The maximum atomic E-state index is 10.8. The fraction of sp³-hybridized carbons (Fsp3) is 0.125. The first kappa shape index (κ1) is 17.2. The third-order valence-corrected chi connectivity index (χ3v) is 5.33. The number of nitrogens with zero attached hydrogens (tertiary/aromatic N) is 1. The Bertz CT molecular complexity index is 667. The van der Waals surface area contributed by atoms with Crippen LogP contribution in [0.4, 0.5) is 0 Å². The van der Waals surface area contributed by atoms with Crippen molar-refractivity contribution in [2.75, 3.05) is 0 Å². The lowest BCUT2D eigenvalue weighted by Gasteiger charge is -2.07. The number of hydrogen-bond acceptors (Lipinski definition) is 6. The van der Waals surface area contributed by atoms with Crippen LogP contribution in [0.3, 0.4) is 0 Å². The second-order valence-electron chi connectivity index (χ2n) is 4.57. The molecule has 0 bridgehead atoms. The number of rotatable bonds is 7. The van der Waals surface area contributed by atoms with Crippen LogP contribution in [-0.2, 0) is 11.5 Å². The highest BCUT2D eigenvalue weighted by Gasteiger charge is 2.10. The maximum absolute atomic E-state index is 10.8. The molecule has 0 aromatic heterocycles. The summed E-state index contributed by atoms with van der Waals surface area (Å²) in [5, 5.41) is 30.3. The Balaban J connectivity index is 2.02. The van der Waals surface area contributed by atoms with E-state index in [1.807, 2.05) is 12.1 Å². The average Bonchev–Trinajstić information content (AvgIpc) is 2.52. The van der Waals surface area contributed by atoms with Crippen LogP contribution < -0.4 is 0 Å². The molecule has 7 heteroatoms. The number of nitro groups is 1. The average molecular weight is 349 g/mol. The van der Waals surface area contributed by atoms with Gasteiger partial charge in [0.15, 0.2) is 0 Å². The van der Waals surface area contributed by atoms with E-state index in [1.165, 1.54) is 23.5 Å². The summed E-state index contributed by atoms with van der Waals surface area (Å²) in [5.41, 5.74) is 1.44. The Hall–Kier alpha value is -2.12. The maximum Gasteiger partial charge on any atom is 0.254 e. The number of phenolic OH excluding ortho intramolecular Hbond substituents is 2. The van der Waals surface area contributed by atoms with Crippen LogP contribution in [0, 0.1) is 10.1 Å². The molecule has 2 aromatic rings. The molecule has 0 aliphatic rings. The van der Waals surface area contributed by atoms with E-state index < -0.39 is 4.92 Å². The third kappa shape index (κ3) is 5.54. The monoisotopic (exact) mass is 349 g/mol. The molecule has 0 amide bonds. The van der Waals surface area contributed by atoms with Crippen molar-refractivity contribution in [2.24, 2.45) is 0 Å². The zero-order valence-electron chi connectivity index (χ0n) is 12.1. The first-order valence-electron chi connectivity index (χ1n) is 6.71. The second-order valence-corrected chi connectivity index (χ2v) is 6.86. The lowest BCUT2D eigenvalue weighted by Crippen LogP contribution is -1.89. The molecule has 2 rings (SSSR count). The van der Waals surface area contributed by atoms with Gasteiger partial charge in [0, 0.05) is 22.6 Å².